The van der Waals surface area contributed by atoms with E-state index in [4.69, 9.17) is 21.8 Å². The van der Waals surface area contributed by atoms with Gasteiger partial charge in [0.25, 0.3) is 0 Å². The molecule has 106 valence electrons. The normalized spacial score (nSPS) is 10.8. The van der Waals surface area contributed by atoms with Crippen molar-refractivity contribution in [1.29, 1.82) is 0 Å². The Morgan fingerprint density at radius 1 is 1.32 bits per heavy atom. The first-order valence-electron chi connectivity index (χ1n) is 5.75. The van der Waals surface area contributed by atoms with Gasteiger partial charge in [-0.25, -0.2) is 4.39 Å². The maximum atomic E-state index is 13.5. The van der Waals surface area contributed by atoms with Crippen LogP contribution in [0.15, 0.2) is 18.2 Å². The van der Waals surface area contributed by atoms with Gasteiger partial charge in [-0.3, -0.25) is 9.69 Å². The number of aliphatic hydroxyl groups is 2. The van der Waals surface area contributed by atoms with Crippen molar-refractivity contribution >= 4 is 23.2 Å². The molecule has 0 atom stereocenters. The zero-order valence-corrected chi connectivity index (χ0v) is 11.0. The molecule has 1 rings (SSSR count). The van der Waals surface area contributed by atoms with E-state index >= 15 is 0 Å². The van der Waals surface area contributed by atoms with Crippen LogP contribution in [0.1, 0.15) is 0 Å². The highest BCUT2D eigenvalue weighted by molar-refractivity contribution is 6.30. The molecule has 0 aliphatic carbocycles. The van der Waals surface area contributed by atoms with Gasteiger partial charge in [0, 0.05) is 18.1 Å². The van der Waals surface area contributed by atoms with Crippen LogP contribution in [0.2, 0.25) is 5.02 Å². The van der Waals surface area contributed by atoms with E-state index in [9.17, 15) is 9.18 Å². The summed E-state index contributed by atoms with van der Waals surface area (Å²) in [6, 6.07) is 3.95. The van der Waals surface area contributed by atoms with Gasteiger partial charge in [0.2, 0.25) is 5.91 Å². The van der Waals surface area contributed by atoms with E-state index < -0.39 is 11.7 Å². The minimum absolute atomic E-state index is 0.0385. The number of anilines is 1. The molecule has 5 nitrogen and oxygen atoms in total. The number of nitrogens with zero attached hydrogens (tertiary/aromatic N) is 1. The Morgan fingerprint density at radius 2 is 1.95 bits per heavy atom. The third-order valence-electron chi connectivity index (χ3n) is 2.40. The summed E-state index contributed by atoms with van der Waals surface area (Å²) in [4.78, 5) is 13.3. The van der Waals surface area contributed by atoms with Crippen LogP contribution in [0, 0.1) is 5.82 Å². The van der Waals surface area contributed by atoms with Gasteiger partial charge in [-0.2, -0.15) is 0 Å². The van der Waals surface area contributed by atoms with Crippen molar-refractivity contribution in [1.82, 2.24) is 4.90 Å². The Bertz CT molecular complexity index is 425. The molecule has 0 heterocycles. The average molecular weight is 291 g/mol. The molecule has 0 saturated heterocycles. The molecule has 0 aliphatic heterocycles. The zero-order chi connectivity index (χ0) is 14.3. The van der Waals surface area contributed by atoms with Crippen LogP contribution < -0.4 is 5.32 Å². The Morgan fingerprint density at radius 3 is 2.47 bits per heavy atom. The summed E-state index contributed by atoms with van der Waals surface area (Å²) in [7, 11) is 0. The number of hydrogen-bond acceptors (Lipinski definition) is 4. The van der Waals surface area contributed by atoms with Crippen molar-refractivity contribution in [2.75, 3.05) is 38.2 Å². The van der Waals surface area contributed by atoms with Gasteiger partial charge in [-0.05, 0) is 18.2 Å². The first kappa shape index (κ1) is 15.8. The van der Waals surface area contributed by atoms with Gasteiger partial charge >= 0.3 is 0 Å². The SMILES string of the molecule is O=C(CN(CCO)CCO)Nc1ccc(Cl)cc1F. The fourth-order valence-electron chi connectivity index (χ4n) is 1.54. The number of aliphatic hydroxyl groups excluding tert-OH is 2. The van der Waals surface area contributed by atoms with Gasteiger partial charge in [0.1, 0.15) is 5.82 Å². The molecule has 0 saturated carbocycles. The van der Waals surface area contributed by atoms with Gasteiger partial charge in [0.05, 0.1) is 25.4 Å². The molecule has 0 bridgehead atoms. The third kappa shape index (κ3) is 5.52. The number of rotatable bonds is 7. The van der Waals surface area contributed by atoms with Crippen LogP contribution in [0.3, 0.4) is 0 Å². The Hall–Kier alpha value is -1.21. The van der Waals surface area contributed by atoms with E-state index in [0.717, 1.165) is 6.07 Å². The molecular formula is C12H16ClFN2O3. The van der Waals surface area contributed by atoms with Crippen molar-refractivity contribution in [3.63, 3.8) is 0 Å². The second-order valence-electron chi connectivity index (χ2n) is 3.90. The highest BCUT2D eigenvalue weighted by atomic mass is 35.5. The molecule has 0 radical (unpaired) electrons. The highest BCUT2D eigenvalue weighted by Crippen LogP contribution is 2.18. The summed E-state index contributed by atoms with van der Waals surface area (Å²) >= 11 is 5.60. The lowest BCUT2D eigenvalue weighted by Gasteiger charge is -2.19. The minimum atomic E-state index is -0.614. The van der Waals surface area contributed by atoms with Crippen molar-refractivity contribution in [3.05, 3.63) is 29.0 Å². The summed E-state index contributed by atoms with van der Waals surface area (Å²) < 4.78 is 13.5. The van der Waals surface area contributed by atoms with E-state index in [2.05, 4.69) is 5.32 Å². The Balaban J connectivity index is 2.58. The summed E-state index contributed by atoms with van der Waals surface area (Å²) in [5, 5.41) is 20.3. The quantitative estimate of drug-likeness (QED) is 0.691. The van der Waals surface area contributed by atoms with Crippen molar-refractivity contribution in [3.8, 4) is 0 Å². The van der Waals surface area contributed by atoms with Crippen LogP contribution in [0.4, 0.5) is 10.1 Å². The molecule has 0 fully saturated rings. The fourth-order valence-corrected chi connectivity index (χ4v) is 1.70. The molecule has 0 aliphatic rings. The molecule has 0 unspecified atom stereocenters. The van der Waals surface area contributed by atoms with Crippen molar-refractivity contribution in [2.45, 2.75) is 0 Å². The summed E-state index contributed by atoms with van der Waals surface area (Å²) in [5.41, 5.74) is 0.0438. The predicted molar refractivity (Wildman–Crippen MR) is 70.7 cm³/mol. The minimum Gasteiger partial charge on any atom is -0.395 e. The first-order chi connectivity index (χ1) is 9.06. The Labute approximate surface area is 115 Å². The maximum absolute atomic E-state index is 13.5. The van der Waals surface area contributed by atoms with Crippen LogP contribution in [0.25, 0.3) is 0 Å². The molecule has 1 aromatic rings. The van der Waals surface area contributed by atoms with E-state index in [1.165, 1.54) is 12.1 Å². The fraction of sp³-hybridized carbons (Fsp3) is 0.417. The molecule has 3 N–H and O–H groups in total. The number of nitrogens with one attached hydrogen (secondary N) is 1. The lowest BCUT2D eigenvalue weighted by atomic mass is 10.3. The standard InChI is InChI=1S/C12H16ClFN2O3/c13-9-1-2-11(10(14)7-9)15-12(19)8-16(3-5-17)4-6-18/h1-2,7,17-18H,3-6,8H2,(H,15,19). The average Bonchev–Trinajstić information content (AvgIpc) is 2.33. The molecule has 1 aromatic carbocycles. The first-order valence-corrected chi connectivity index (χ1v) is 6.13. The smallest absolute Gasteiger partial charge is 0.238 e. The van der Waals surface area contributed by atoms with Gasteiger partial charge in [0.15, 0.2) is 0 Å². The topological polar surface area (TPSA) is 72.8 Å². The number of carbonyl (C=O) groups excluding carboxylic acids is 1. The van der Waals surface area contributed by atoms with E-state index in [1.54, 1.807) is 4.90 Å². The summed E-state index contributed by atoms with van der Waals surface area (Å²) in [6.07, 6.45) is 0. The maximum Gasteiger partial charge on any atom is 0.238 e. The lowest BCUT2D eigenvalue weighted by molar-refractivity contribution is -0.117. The third-order valence-corrected chi connectivity index (χ3v) is 2.64. The summed E-state index contributed by atoms with van der Waals surface area (Å²) in [5.74, 6) is -1.04. The van der Waals surface area contributed by atoms with Crippen molar-refractivity contribution < 1.29 is 19.4 Å². The highest BCUT2D eigenvalue weighted by Gasteiger charge is 2.12. The van der Waals surface area contributed by atoms with E-state index in [1.807, 2.05) is 0 Å². The molecule has 0 aromatic heterocycles. The number of benzene rings is 1. The van der Waals surface area contributed by atoms with Crippen molar-refractivity contribution in [2.24, 2.45) is 0 Å². The van der Waals surface area contributed by atoms with Gasteiger partial charge in [-0.15, -0.1) is 0 Å². The molecular weight excluding hydrogens is 275 g/mol. The van der Waals surface area contributed by atoms with Crippen LogP contribution >= 0.6 is 11.6 Å². The van der Waals surface area contributed by atoms with Gasteiger partial charge in [-0.1, -0.05) is 11.6 Å². The second-order valence-corrected chi connectivity index (χ2v) is 4.33. The van der Waals surface area contributed by atoms with Crippen LogP contribution in [-0.2, 0) is 4.79 Å². The number of hydrogen-bond donors (Lipinski definition) is 3. The monoisotopic (exact) mass is 290 g/mol. The number of carbonyl (C=O) groups is 1. The zero-order valence-electron chi connectivity index (χ0n) is 10.3. The molecule has 1 amide bonds. The molecule has 0 spiro atoms. The second kappa shape index (κ2) is 8.06. The largest absolute Gasteiger partial charge is 0.395 e. The van der Waals surface area contributed by atoms with Gasteiger partial charge < -0.3 is 15.5 Å². The molecule has 19 heavy (non-hydrogen) atoms. The summed E-state index contributed by atoms with van der Waals surface area (Å²) in [6.45, 7) is 0.239. The molecule has 7 heteroatoms. The predicted octanol–water partition coefficient (Wildman–Crippen LogP) is 0.704. The number of amides is 1. The number of halogens is 2. The lowest BCUT2D eigenvalue weighted by Crippen LogP contribution is -2.37. The van der Waals surface area contributed by atoms with E-state index in [0.29, 0.717) is 0 Å². The Kier molecular flexibility index (Phi) is 6.72. The van der Waals surface area contributed by atoms with E-state index in [-0.39, 0.29) is 43.6 Å². The van der Waals surface area contributed by atoms with Crippen LogP contribution in [-0.4, -0.2) is 53.9 Å². The van der Waals surface area contributed by atoms with Crippen LogP contribution in [0.5, 0.6) is 0 Å².